The summed E-state index contributed by atoms with van der Waals surface area (Å²) < 4.78 is 3.01. The maximum atomic E-state index is 11.0. The first-order valence-corrected chi connectivity index (χ1v) is 6.24. The summed E-state index contributed by atoms with van der Waals surface area (Å²) in [5, 5.41) is 19.1. The number of aliphatic carboxylic acids is 1. The van der Waals surface area contributed by atoms with E-state index in [2.05, 4.69) is 13.8 Å². The largest absolute Gasteiger partial charge is 0.481 e. The van der Waals surface area contributed by atoms with Crippen molar-refractivity contribution in [3.05, 3.63) is 17.2 Å². The van der Waals surface area contributed by atoms with E-state index in [1.54, 1.807) is 0 Å². The minimum atomic E-state index is -0.836. The highest BCUT2D eigenvalue weighted by Gasteiger charge is 2.32. The lowest BCUT2D eigenvalue weighted by atomic mass is 9.93. The van der Waals surface area contributed by atoms with Crippen LogP contribution in [-0.4, -0.2) is 21.0 Å². The van der Waals surface area contributed by atoms with Gasteiger partial charge in [-0.3, -0.25) is 4.79 Å². The molecule has 1 aromatic heterocycles. The van der Waals surface area contributed by atoms with E-state index in [9.17, 15) is 10.0 Å². The van der Waals surface area contributed by atoms with Gasteiger partial charge in [0.1, 0.15) is 5.69 Å². The Morgan fingerprint density at radius 2 is 1.94 bits per heavy atom. The van der Waals surface area contributed by atoms with Crippen molar-refractivity contribution >= 4 is 5.97 Å². The quantitative estimate of drug-likeness (QED) is 0.622. The molecule has 0 spiro atoms. The van der Waals surface area contributed by atoms with Crippen LogP contribution in [0, 0.1) is 19.8 Å². The van der Waals surface area contributed by atoms with Crippen LogP contribution in [0.1, 0.15) is 49.8 Å². The Bertz CT molecular complexity index is 424. The van der Waals surface area contributed by atoms with Crippen LogP contribution >= 0.6 is 0 Å². The third-order valence-corrected chi connectivity index (χ3v) is 3.45. The van der Waals surface area contributed by atoms with Gasteiger partial charge in [-0.05, 0) is 17.1 Å². The number of hydrogen-bond acceptors (Lipinski definition) is 2. The lowest BCUT2D eigenvalue weighted by molar-refractivity contribution is -0.687. The van der Waals surface area contributed by atoms with Gasteiger partial charge in [0.25, 0.3) is 5.82 Å². The Hall–Kier alpha value is -1.52. The molecule has 5 heteroatoms. The van der Waals surface area contributed by atoms with Crippen LogP contribution in [-0.2, 0) is 11.8 Å². The summed E-state index contributed by atoms with van der Waals surface area (Å²) in [4.78, 5) is 11.0. The molecule has 1 heterocycles. The van der Waals surface area contributed by atoms with Crippen LogP contribution in [0.15, 0.2) is 0 Å². The van der Waals surface area contributed by atoms with Gasteiger partial charge < -0.3 is 10.3 Å². The van der Waals surface area contributed by atoms with E-state index in [0.29, 0.717) is 11.7 Å². The minimum absolute atomic E-state index is 0.0372. The Balaban J connectivity index is 3.20. The molecule has 1 aromatic rings. The molecule has 102 valence electrons. The van der Waals surface area contributed by atoms with Crippen molar-refractivity contribution in [2.45, 2.75) is 46.5 Å². The van der Waals surface area contributed by atoms with Crippen LogP contribution < -0.4 is 4.57 Å². The fourth-order valence-corrected chi connectivity index (χ4v) is 2.39. The predicted molar refractivity (Wildman–Crippen MR) is 66.7 cm³/mol. The molecule has 0 bridgehead atoms. The van der Waals surface area contributed by atoms with E-state index >= 15 is 0 Å². The molecule has 0 aliphatic carbocycles. The zero-order chi connectivity index (χ0) is 14.0. The number of carboxylic acid groups (broad SMARTS) is 1. The molecule has 0 amide bonds. The van der Waals surface area contributed by atoms with Gasteiger partial charge in [0.2, 0.25) is 0 Å². The molecule has 0 saturated heterocycles. The molecule has 0 saturated carbocycles. The van der Waals surface area contributed by atoms with Crippen molar-refractivity contribution < 1.29 is 19.7 Å². The van der Waals surface area contributed by atoms with E-state index in [-0.39, 0.29) is 12.3 Å². The number of nitrogens with zero attached hydrogens (tertiary/aromatic N) is 2. The van der Waals surface area contributed by atoms with Gasteiger partial charge >= 0.3 is 5.97 Å². The van der Waals surface area contributed by atoms with E-state index in [1.165, 1.54) is 0 Å². The monoisotopic (exact) mass is 255 g/mol. The summed E-state index contributed by atoms with van der Waals surface area (Å²) in [5.74, 6) is 0.0352. The predicted octanol–water partition coefficient (Wildman–Crippen LogP) is 1.77. The second kappa shape index (κ2) is 5.42. The van der Waals surface area contributed by atoms with Gasteiger partial charge in [0.05, 0.1) is 19.4 Å². The van der Waals surface area contributed by atoms with Gasteiger partial charge in [0, 0.05) is 13.8 Å². The zero-order valence-corrected chi connectivity index (χ0v) is 11.8. The lowest BCUT2D eigenvalue weighted by Crippen LogP contribution is -2.37. The normalized spacial score (nSPS) is 13.0. The van der Waals surface area contributed by atoms with Crippen LogP contribution in [0.4, 0.5) is 0 Å². The number of aromatic nitrogens is 2. The SMILES string of the molecule is Cc1c(C)[n+](C)c(C(CC(=O)O)CC(C)C)n1O. The first-order valence-electron chi connectivity index (χ1n) is 6.24. The molecule has 0 aliphatic rings. The van der Waals surface area contributed by atoms with Gasteiger partial charge in [-0.1, -0.05) is 13.8 Å². The van der Waals surface area contributed by atoms with Crippen molar-refractivity contribution in [1.82, 2.24) is 4.73 Å². The van der Waals surface area contributed by atoms with E-state index in [0.717, 1.165) is 22.5 Å². The van der Waals surface area contributed by atoms with Gasteiger partial charge in [-0.2, -0.15) is 0 Å². The number of carbonyl (C=O) groups is 1. The number of carboxylic acids is 1. The van der Waals surface area contributed by atoms with E-state index < -0.39 is 5.97 Å². The standard InChI is InChI=1S/C13H22N2O3/c1-8(2)6-11(7-12(16)17)13-14(5)9(3)10(4)15(13)18/h8,11H,6-7H2,1-5H3,(H-,16,17,18)/p+1. The Morgan fingerprint density at radius 3 is 2.28 bits per heavy atom. The molecule has 1 atom stereocenters. The molecule has 1 rings (SSSR count). The molecule has 18 heavy (non-hydrogen) atoms. The summed E-state index contributed by atoms with van der Waals surface area (Å²) in [6.45, 7) is 7.85. The Labute approximate surface area is 108 Å². The summed E-state index contributed by atoms with van der Waals surface area (Å²) in [7, 11) is 1.86. The summed E-state index contributed by atoms with van der Waals surface area (Å²) in [5.41, 5.74) is 1.71. The third kappa shape index (κ3) is 2.83. The molecule has 1 unspecified atom stereocenters. The Kier molecular flexibility index (Phi) is 4.38. The maximum absolute atomic E-state index is 11.0. The van der Waals surface area contributed by atoms with Crippen LogP contribution in [0.3, 0.4) is 0 Å². The van der Waals surface area contributed by atoms with E-state index in [1.807, 2.05) is 25.5 Å². The maximum Gasteiger partial charge on any atom is 0.304 e. The average Bonchev–Trinajstić information content (AvgIpc) is 2.41. The fourth-order valence-electron chi connectivity index (χ4n) is 2.39. The van der Waals surface area contributed by atoms with Crippen LogP contribution in [0.2, 0.25) is 0 Å². The van der Waals surface area contributed by atoms with Gasteiger partial charge in [0.15, 0.2) is 5.69 Å². The topological polar surface area (TPSA) is 66.3 Å². The third-order valence-electron chi connectivity index (χ3n) is 3.45. The van der Waals surface area contributed by atoms with E-state index in [4.69, 9.17) is 5.11 Å². The molecular formula is C13H23N2O3+. The van der Waals surface area contributed by atoms with Crippen molar-refractivity contribution in [2.24, 2.45) is 13.0 Å². The number of hydrogen-bond donors (Lipinski definition) is 2. The Morgan fingerprint density at radius 1 is 1.39 bits per heavy atom. The van der Waals surface area contributed by atoms with Gasteiger partial charge in [-0.25, -0.2) is 4.57 Å². The summed E-state index contributed by atoms with van der Waals surface area (Å²) >= 11 is 0. The van der Waals surface area contributed by atoms with Crippen LogP contribution in [0.5, 0.6) is 0 Å². The molecule has 2 N–H and O–H groups in total. The zero-order valence-electron chi connectivity index (χ0n) is 11.8. The van der Waals surface area contributed by atoms with Gasteiger partial charge in [-0.15, -0.1) is 0 Å². The highest BCUT2D eigenvalue weighted by Crippen LogP contribution is 2.26. The minimum Gasteiger partial charge on any atom is -0.481 e. The molecule has 5 nitrogen and oxygen atoms in total. The molecule has 0 aromatic carbocycles. The lowest BCUT2D eigenvalue weighted by Gasteiger charge is -2.13. The van der Waals surface area contributed by atoms with Crippen LogP contribution in [0.25, 0.3) is 0 Å². The second-order valence-electron chi connectivity index (χ2n) is 5.32. The first kappa shape index (κ1) is 14.5. The average molecular weight is 255 g/mol. The first-order chi connectivity index (χ1) is 8.25. The highest BCUT2D eigenvalue weighted by molar-refractivity contribution is 5.67. The summed E-state index contributed by atoms with van der Waals surface area (Å²) in [6.07, 6.45) is 0.777. The number of imidazole rings is 1. The second-order valence-corrected chi connectivity index (χ2v) is 5.32. The smallest absolute Gasteiger partial charge is 0.304 e. The summed E-state index contributed by atoms with van der Waals surface area (Å²) in [6, 6.07) is 0. The number of rotatable bonds is 5. The van der Waals surface area contributed by atoms with Crippen molar-refractivity contribution in [2.75, 3.05) is 0 Å². The molecular weight excluding hydrogens is 232 g/mol. The molecule has 0 radical (unpaired) electrons. The molecule has 0 fully saturated rings. The van der Waals surface area contributed by atoms with Crippen molar-refractivity contribution in [1.29, 1.82) is 0 Å². The fraction of sp³-hybridized carbons (Fsp3) is 0.692. The van der Waals surface area contributed by atoms with Crippen molar-refractivity contribution in [3.8, 4) is 0 Å². The van der Waals surface area contributed by atoms with Crippen molar-refractivity contribution in [3.63, 3.8) is 0 Å². The highest BCUT2D eigenvalue weighted by atomic mass is 16.5. The molecule has 0 aliphatic heterocycles.